The molecular formula is C18H27N7O2. The highest BCUT2D eigenvalue weighted by Gasteiger charge is 2.21. The van der Waals surface area contributed by atoms with E-state index in [0.717, 1.165) is 39.0 Å². The first-order valence-corrected chi connectivity index (χ1v) is 9.36. The molecule has 0 aromatic carbocycles. The van der Waals surface area contributed by atoms with Crippen LogP contribution in [-0.4, -0.2) is 82.1 Å². The maximum Gasteiger partial charge on any atom is 0.240 e. The molecule has 0 aliphatic carbocycles. The van der Waals surface area contributed by atoms with Gasteiger partial charge in [0.2, 0.25) is 23.4 Å². The zero-order valence-electron chi connectivity index (χ0n) is 16.0. The average Bonchev–Trinajstić information content (AvgIpc) is 3.16. The summed E-state index contributed by atoms with van der Waals surface area (Å²) in [4.78, 5) is 29.3. The van der Waals surface area contributed by atoms with Crippen LogP contribution in [0, 0.1) is 0 Å². The Morgan fingerprint density at radius 1 is 1.26 bits per heavy atom. The van der Waals surface area contributed by atoms with Gasteiger partial charge in [0.1, 0.15) is 0 Å². The number of piperidine rings is 1. The molecule has 0 saturated carbocycles. The molecule has 1 aliphatic heterocycles. The fourth-order valence-corrected chi connectivity index (χ4v) is 3.02. The van der Waals surface area contributed by atoms with E-state index in [2.05, 4.69) is 49.3 Å². The van der Waals surface area contributed by atoms with Crippen LogP contribution in [0.25, 0.3) is 11.6 Å². The smallest absolute Gasteiger partial charge is 0.240 e. The average molecular weight is 373 g/mol. The summed E-state index contributed by atoms with van der Waals surface area (Å²) in [7, 11) is 4.18. The van der Waals surface area contributed by atoms with E-state index in [1.807, 2.05) is 0 Å². The van der Waals surface area contributed by atoms with E-state index >= 15 is 0 Å². The Hall–Kier alpha value is -2.39. The molecule has 2 aromatic rings. The van der Waals surface area contributed by atoms with Crippen LogP contribution in [0.1, 0.15) is 25.2 Å². The highest BCUT2D eigenvalue weighted by atomic mass is 16.5. The summed E-state index contributed by atoms with van der Waals surface area (Å²) < 4.78 is 5.19. The number of carbonyl (C=O) groups excluding carboxylic acids is 1. The lowest BCUT2D eigenvalue weighted by Gasteiger charge is -2.32. The largest absolute Gasteiger partial charge is 0.353 e. The van der Waals surface area contributed by atoms with Crippen LogP contribution in [-0.2, 0) is 11.2 Å². The second-order valence-electron chi connectivity index (χ2n) is 7.07. The van der Waals surface area contributed by atoms with Crippen molar-refractivity contribution in [3.8, 4) is 11.6 Å². The molecule has 2 aromatic heterocycles. The Morgan fingerprint density at radius 3 is 2.70 bits per heavy atom. The van der Waals surface area contributed by atoms with Gasteiger partial charge in [0.25, 0.3) is 0 Å². The Bertz CT molecular complexity index is 712. The number of nitrogens with one attached hydrogen (secondary N) is 1. The molecule has 9 heteroatoms. The van der Waals surface area contributed by atoms with Gasteiger partial charge in [-0.15, -0.1) is 0 Å². The maximum absolute atomic E-state index is 12.2. The van der Waals surface area contributed by atoms with Crippen molar-refractivity contribution in [2.75, 3.05) is 40.3 Å². The number of hydrogen-bond acceptors (Lipinski definition) is 8. The third kappa shape index (κ3) is 6.07. The molecule has 0 unspecified atom stereocenters. The lowest BCUT2D eigenvalue weighted by Crippen LogP contribution is -2.46. The summed E-state index contributed by atoms with van der Waals surface area (Å²) in [6, 6.07) is 1.98. The summed E-state index contributed by atoms with van der Waals surface area (Å²) in [6.45, 7) is 4.21. The summed E-state index contributed by atoms with van der Waals surface area (Å²) >= 11 is 0. The predicted octanol–water partition coefficient (Wildman–Crippen LogP) is 0.601. The first kappa shape index (κ1) is 19.4. The number of aryl methyl sites for hydroxylation is 1. The SMILES string of the molecule is CN(C)CCN1CCC(NC(=O)CCc2nc(-c3ncccn3)no2)CC1. The normalized spacial score (nSPS) is 16.0. The molecule has 1 saturated heterocycles. The molecule has 0 bridgehead atoms. The molecule has 1 fully saturated rings. The van der Waals surface area contributed by atoms with E-state index in [1.165, 1.54) is 0 Å². The van der Waals surface area contributed by atoms with E-state index in [-0.39, 0.29) is 11.9 Å². The van der Waals surface area contributed by atoms with Crippen molar-refractivity contribution < 1.29 is 9.32 Å². The number of carbonyl (C=O) groups is 1. The van der Waals surface area contributed by atoms with Gasteiger partial charge >= 0.3 is 0 Å². The highest BCUT2D eigenvalue weighted by Crippen LogP contribution is 2.12. The van der Waals surface area contributed by atoms with Crippen LogP contribution in [0.4, 0.5) is 0 Å². The topological polar surface area (TPSA) is 100 Å². The van der Waals surface area contributed by atoms with Gasteiger partial charge in [-0.2, -0.15) is 4.98 Å². The van der Waals surface area contributed by atoms with Crippen LogP contribution in [0.15, 0.2) is 23.0 Å². The number of hydrogen-bond donors (Lipinski definition) is 1. The highest BCUT2D eigenvalue weighted by molar-refractivity contribution is 5.76. The summed E-state index contributed by atoms with van der Waals surface area (Å²) in [5, 5.41) is 6.99. The summed E-state index contributed by atoms with van der Waals surface area (Å²) in [5.74, 6) is 1.21. The number of likely N-dealkylation sites (tertiary alicyclic amines) is 1. The minimum atomic E-state index is 0.0254. The third-order valence-electron chi connectivity index (χ3n) is 4.62. The van der Waals surface area contributed by atoms with E-state index in [0.29, 0.717) is 30.4 Å². The van der Waals surface area contributed by atoms with Crippen molar-refractivity contribution in [3.05, 3.63) is 24.4 Å². The molecule has 0 radical (unpaired) electrons. The van der Waals surface area contributed by atoms with E-state index in [9.17, 15) is 4.79 Å². The van der Waals surface area contributed by atoms with Gasteiger partial charge in [0, 0.05) is 57.5 Å². The molecule has 3 rings (SSSR count). The lowest BCUT2D eigenvalue weighted by atomic mass is 10.0. The lowest BCUT2D eigenvalue weighted by molar-refractivity contribution is -0.122. The number of nitrogens with zero attached hydrogens (tertiary/aromatic N) is 6. The quantitative estimate of drug-likeness (QED) is 0.718. The maximum atomic E-state index is 12.2. The number of rotatable bonds is 8. The fraction of sp³-hybridized carbons (Fsp3) is 0.611. The molecule has 1 aliphatic rings. The molecule has 1 N–H and O–H groups in total. The van der Waals surface area contributed by atoms with Gasteiger partial charge in [-0.05, 0) is 33.0 Å². The molecule has 1 amide bonds. The number of aromatic nitrogens is 4. The Labute approximate surface area is 159 Å². The van der Waals surface area contributed by atoms with Crippen LogP contribution in [0.5, 0.6) is 0 Å². The van der Waals surface area contributed by atoms with Crippen molar-refractivity contribution >= 4 is 5.91 Å². The predicted molar refractivity (Wildman–Crippen MR) is 99.8 cm³/mol. The molecular weight excluding hydrogens is 346 g/mol. The third-order valence-corrected chi connectivity index (χ3v) is 4.62. The van der Waals surface area contributed by atoms with Crippen LogP contribution >= 0.6 is 0 Å². The summed E-state index contributed by atoms with van der Waals surface area (Å²) in [5.41, 5.74) is 0. The molecule has 0 atom stereocenters. The van der Waals surface area contributed by atoms with Crippen molar-refractivity contribution in [3.63, 3.8) is 0 Å². The van der Waals surface area contributed by atoms with E-state index in [1.54, 1.807) is 18.5 Å². The Kier molecular flexibility index (Phi) is 6.83. The van der Waals surface area contributed by atoms with E-state index in [4.69, 9.17) is 4.52 Å². The summed E-state index contributed by atoms with van der Waals surface area (Å²) in [6.07, 6.45) is 5.98. The first-order valence-electron chi connectivity index (χ1n) is 9.36. The van der Waals surface area contributed by atoms with Crippen LogP contribution in [0.3, 0.4) is 0 Å². The molecule has 146 valence electrons. The minimum Gasteiger partial charge on any atom is -0.353 e. The molecule has 0 spiro atoms. The number of likely N-dealkylation sites (N-methyl/N-ethyl adjacent to an activating group) is 1. The minimum absolute atomic E-state index is 0.0254. The van der Waals surface area contributed by atoms with Crippen LogP contribution < -0.4 is 5.32 Å². The molecule has 27 heavy (non-hydrogen) atoms. The zero-order valence-corrected chi connectivity index (χ0v) is 16.0. The second kappa shape index (κ2) is 9.52. The second-order valence-corrected chi connectivity index (χ2v) is 7.07. The van der Waals surface area contributed by atoms with E-state index < -0.39 is 0 Å². The van der Waals surface area contributed by atoms with Crippen LogP contribution in [0.2, 0.25) is 0 Å². The van der Waals surface area contributed by atoms with Crippen molar-refractivity contribution in [1.29, 1.82) is 0 Å². The van der Waals surface area contributed by atoms with Crippen molar-refractivity contribution in [2.45, 2.75) is 31.7 Å². The Balaban J connectivity index is 1.38. The van der Waals surface area contributed by atoms with Gasteiger partial charge in [-0.1, -0.05) is 5.16 Å². The van der Waals surface area contributed by atoms with Gasteiger partial charge < -0.3 is 19.6 Å². The van der Waals surface area contributed by atoms with Gasteiger partial charge in [-0.25, -0.2) is 9.97 Å². The fourth-order valence-electron chi connectivity index (χ4n) is 3.02. The van der Waals surface area contributed by atoms with Crippen molar-refractivity contribution in [2.24, 2.45) is 0 Å². The standard InChI is InChI=1S/C18H27N7O2/c1-24(2)12-13-25-10-6-14(7-11-25)21-15(26)4-5-16-22-18(23-27-16)17-19-8-3-9-20-17/h3,8-9,14H,4-7,10-13H2,1-2H3,(H,21,26). The van der Waals surface area contributed by atoms with Gasteiger partial charge in [-0.3, -0.25) is 4.79 Å². The molecule has 9 nitrogen and oxygen atoms in total. The number of amides is 1. The van der Waals surface area contributed by atoms with Gasteiger partial charge in [0.05, 0.1) is 0 Å². The van der Waals surface area contributed by atoms with Gasteiger partial charge in [0.15, 0.2) is 0 Å². The first-order chi connectivity index (χ1) is 13.1. The zero-order chi connectivity index (χ0) is 19.1. The molecule has 3 heterocycles. The monoisotopic (exact) mass is 373 g/mol. The Morgan fingerprint density at radius 2 is 2.00 bits per heavy atom. The van der Waals surface area contributed by atoms with Crippen molar-refractivity contribution in [1.82, 2.24) is 35.2 Å².